The molecule has 3 nitrogen and oxygen atoms in total. The Morgan fingerprint density at radius 3 is 2.55 bits per heavy atom. The van der Waals surface area contributed by atoms with Gasteiger partial charge in [-0.05, 0) is 42.5 Å². The van der Waals surface area contributed by atoms with Crippen LogP contribution >= 0.6 is 11.6 Å². The summed E-state index contributed by atoms with van der Waals surface area (Å²) in [7, 11) is 1.57. The van der Waals surface area contributed by atoms with Gasteiger partial charge in [0.05, 0.1) is 13.2 Å². The van der Waals surface area contributed by atoms with Crippen molar-refractivity contribution in [3.05, 3.63) is 58.9 Å². The van der Waals surface area contributed by atoms with Crippen LogP contribution in [0, 0.1) is 17.1 Å². The van der Waals surface area contributed by atoms with Crippen molar-refractivity contribution in [2.45, 2.75) is 6.04 Å². The van der Waals surface area contributed by atoms with Crippen LogP contribution in [0.1, 0.15) is 11.6 Å². The third kappa shape index (κ3) is 3.19. The van der Waals surface area contributed by atoms with Gasteiger partial charge >= 0.3 is 0 Å². The maximum Gasteiger partial charge on any atom is 0.143 e. The van der Waals surface area contributed by atoms with Crippen LogP contribution in [0.5, 0.6) is 5.75 Å². The molecule has 0 heterocycles. The van der Waals surface area contributed by atoms with Crippen LogP contribution in [0.3, 0.4) is 0 Å². The fourth-order valence-corrected chi connectivity index (χ4v) is 1.95. The van der Waals surface area contributed by atoms with E-state index in [1.54, 1.807) is 31.4 Å². The van der Waals surface area contributed by atoms with Crippen molar-refractivity contribution in [2.75, 3.05) is 12.4 Å². The number of nitriles is 1. The van der Waals surface area contributed by atoms with E-state index in [1.165, 1.54) is 18.2 Å². The molecule has 102 valence electrons. The molecule has 0 spiro atoms. The molecule has 1 N–H and O–H groups in total. The van der Waals surface area contributed by atoms with Crippen molar-refractivity contribution in [3.63, 3.8) is 0 Å². The first-order valence-electron chi connectivity index (χ1n) is 5.89. The normalized spacial score (nSPS) is 11.5. The smallest absolute Gasteiger partial charge is 0.143 e. The summed E-state index contributed by atoms with van der Waals surface area (Å²) >= 11 is 5.84. The number of nitrogens with zero attached hydrogens (tertiary/aromatic N) is 1. The highest BCUT2D eigenvalue weighted by molar-refractivity contribution is 6.30. The lowest BCUT2D eigenvalue weighted by molar-refractivity contribution is 0.415. The summed E-state index contributed by atoms with van der Waals surface area (Å²) in [5.74, 6) is 0.236. The van der Waals surface area contributed by atoms with E-state index in [0.717, 1.165) is 0 Å². The van der Waals surface area contributed by atoms with Crippen LogP contribution in [0.25, 0.3) is 0 Å². The highest BCUT2D eigenvalue weighted by atomic mass is 35.5. The van der Waals surface area contributed by atoms with E-state index in [1.807, 2.05) is 6.07 Å². The minimum atomic E-state index is -0.818. The number of benzene rings is 2. The summed E-state index contributed by atoms with van der Waals surface area (Å²) in [5.41, 5.74) is 0.910. The van der Waals surface area contributed by atoms with Gasteiger partial charge in [-0.1, -0.05) is 11.6 Å². The molecule has 2 aromatic rings. The SMILES string of the molecule is COc1ccc(NC(C#N)c2cc(Cl)ccc2F)cc1. The van der Waals surface area contributed by atoms with E-state index in [2.05, 4.69) is 5.32 Å². The number of halogens is 2. The Hall–Kier alpha value is -2.25. The number of anilines is 1. The van der Waals surface area contributed by atoms with Gasteiger partial charge < -0.3 is 10.1 Å². The number of hydrogen-bond donors (Lipinski definition) is 1. The fourth-order valence-electron chi connectivity index (χ4n) is 1.77. The predicted octanol–water partition coefficient (Wildman–Crippen LogP) is 4.16. The Kier molecular flexibility index (Phi) is 4.44. The second kappa shape index (κ2) is 6.27. The standard InChI is InChI=1S/C15H12ClFN2O/c1-20-12-5-3-11(4-6-12)19-15(9-18)13-8-10(16)2-7-14(13)17/h2-8,15,19H,1H3. The van der Waals surface area contributed by atoms with Crippen LogP contribution in [-0.2, 0) is 0 Å². The van der Waals surface area contributed by atoms with Gasteiger partial charge in [0.15, 0.2) is 0 Å². The van der Waals surface area contributed by atoms with E-state index in [4.69, 9.17) is 16.3 Å². The fraction of sp³-hybridized carbons (Fsp3) is 0.133. The molecule has 0 aliphatic carbocycles. The number of nitrogens with one attached hydrogen (secondary N) is 1. The number of ether oxygens (including phenoxy) is 1. The molecule has 1 atom stereocenters. The molecule has 20 heavy (non-hydrogen) atoms. The third-order valence-corrected chi connectivity index (χ3v) is 3.03. The third-order valence-electron chi connectivity index (χ3n) is 2.80. The molecule has 0 bridgehead atoms. The summed E-state index contributed by atoms with van der Waals surface area (Å²) in [6.45, 7) is 0. The molecular formula is C15H12ClFN2O. The molecular weight excluding hydrogens is 279 g/mol. The van der Waals surface area contributed by atoms with Crippen LogP contribution in [-0.4, -0.2) is 7.11 Å². The topological polar surface area (TPSA) is 45.0 Å². The van der Waals surface area contributed by atoms with Gasteiger partial charge in [0.25, 0.3) is 0 Å². The highest BCUT2D eigenvalue weighted by Gasteiger charge is 2.15. The Morgan fingerprint density at radius 1 is 1.25 bits per heavy atom. The first-order valence-corrected chi connectivity index (χ1v) is 6.27. The van der Waals surface area contributed by atoms with Crippen LogP contribution < -0.4 is 10.1 Å². The summed E-state index contributed by atoms with van der Waals surface area (Å²) in [4.78, 5) is 0. The molecule has 0 aromatic heterocycles. The molecule has 0 saturated carbocycles. The first-order chi connectivity index (χ1) is 9.63. The zero-order valence-corrected chi connectivity index (χ0v) is 11.5. The summed E-state index contributed by atoms with van der Waals surface area (Å²) < 4.78 is 18.8. The van der Waals surface area contributed by atoms with Gasteiger partial charge in [0.2, 0.25) is 0 Å². The summed E-state index contributed by atoms with van der Waals surface area (Å²) in [6.07, 6.45) is 0. The molecule has 0 saturated heterocycles. The minimum Gasteiger partial charge on any atom is -0.497 e. The molecule has 0 fully saturated rings. The van der Waals surface area contributed by atoms with Gasteiger partial charge in [0.1, 0.15) is 17.6 Å². The maximum absolute atomic E-state index is 13.8. The lowest BCUT2D eigenvalue weighted by Crippen LogP contribution is -2.10. The molecule has 1 unspecified atom stereocenters. The van der Waals surface area contributed by atoms with Crippen LogP contribution in [0.4, 0.5) is 10.1 Å². The van der Waals surface area contributed by atoms with E-state index < -0.39 is 11.9 Å². The Labute approximate surface area is 121 Å². The Morgan fingerprint density at radius 2 is 1.95 bits per heavy atom. The van der Waals surface area contributed by atoms with E-state index >= 15 is 0 Å². The highest BCUT2D eigenvalue weighted by Crippen LogP contribution is 2.25. The van der Waals surface area contributed by atoms with Gasteiger partial charge in [-0.15, -0.1) is 0 Å². The monoisotopic (exact) mass is 290 g/mol. The van der Waals surface area contributed by atoms with E-state index in [0.29, 0.717) is 16.5 Å². The van der Waals surface area contributed by atoms with Crippen LogP contribution in [0.2, 0.25) is 5.02 Å². The molecule has 2 rings (SSSR count). The van der Waals surface area contributed by atoms with Gasteiger partial charge in [-0.2, -0.15) is 5.26 Å². The van der Waals surface area contributed by atoms with Gasteiger partial charge in [-0.25, -0.2) is 4.39 Å². The molecule has 0 aliphatic rings. The molecule has 0 aliphatic heterocycles. The predicted molar refractivity (Wildman–Crippen MR) is 76.4 cm³/mol. The zero-order chi connectivity index (χ0) is 14.5. The van der Waals surface area contributed by atoms with Crippen molar-refractivity contribution >= 4 is 17.3 Å². The average molecular weight is 291 g/mol. The van der Waals surface area contributed by atoms with Crippen molar-refractivity contribution in [1.29, 1.82) is 5.26 Å². The largest absolute Gasteiger partial charge is 0.497 e. The molecule has 2 aromatic carbocycles. The average Bonchev–Trinajstić information content (AvgIpc) is 2.48. The van der Waals surface area contributed by atoms with Crippen molar-refractivity contribution in [1.82, 2.24) is 0 Å². The Balaban J connectivity index is 2.24. The molecule has 5 heteroatoms. The van der Waals surface area contributed by atoms with Crippen molar-refractivity contribution in [2.24, 2.45) is 0 Å². The number of hydrogen-bond acceptors (Lipinski definition) is 3. The summed E-state index contributed by atoms with van der Waals surface area (Å²) in [6, 6.07) is 12.4. The van der Waals surface area contributed by atoms with E-state index in [-0.39, 0.29) is 5.56 Å². The zero-order valence-electron chi connectivity index (χ0n) is 10.7. The molecule has 0 amide bonds. The van der Waals surface area contributed by atoms with E-state index in [9.17, 15) is 9.65 Å². The van der Waals surface area contributed by atoms with Gasteiger partial charge in [-0.3, -0.25) is 0 Å². The minimum absolute atomic E-state index is 0.218. The van der Waals surface area contributed by atoms with Gasteiger partial charge in [0, 0.05) is 16.3 Å². The lowest BCUT2D eigenvalue weighted by Gasteiger charge is -2.14. The lowest BCUT2D eigenvalue weighted by atomic mass is 10.1. The quantitative estimate of drug-likeness (QED) is 0.919. The van der Waals surface area contributed by atoms with Crippen LogP contribution in [0.15, 0.2) is 42.5 Å². The number of rotatable bonds is 4. The Bertz CT molecular complexity index is 637. The van der Waals surface area contributed by atoms with Crippen molar-refractivity contribution < 1.29 is 9.13 Å². The maximum atomic E-state index is 13.8. The molecule has 0 radical (unpaired) electrons. The second-order valence-corrected chi connectivity index (χ2v) is 4.54. The van der Waals surface area contributed by atoms with Crippen molar-refractivity contribution in [3.8, 4) is 11.8 Å². The number of methoxy groups -OCH3 is 1. The summed E-state index contributed by atoms with van der Waals surface area (Å²) in [5, 5.41) is 12.5. The second-order valence-electron chi connectivity index (χ2n) is 4.10. The first kappa shape index (κ1) is 14.2.